The topological polar surface area (TPSA) is 229 Å². The first-order chi connectivity index (χ1) is 42.0. The fraction of sp³-hybridized carbons (Fsp3) is 0.446. The molecule has 0 saturated carbocycles. The molecular weight excluding hydrogens is 1200 g/mol. The van der Waals surface area contributed by atoms with Crippen molar-refractivity contribution < 1.29 is 117 Å². The number of rotatable bonds is 20. The van der Waals surface area contributed by atoms with Gasteiger partial charge in [0.05, 0.1) is 49.6 Å². The maximum absolute atomic E-state index is 14.4. The molecule has 0 aromatic heterocycles. The Balaban J connectivity index is 0.000000324. The average molecular weight is 1280 g/mol. The van der Waals surface area contributed by atoms with Gasteiger partial charge in [0.15, 0.2) is 25.2 Å². The first kappa shape index (κ1) is 73.0. The average Bonchev–Trinajstić information content (AvgIpc) is 1.55. The Bertz CT molecular complexity index is 3140. The number of benzene rings is 4. The van der Waals surface area contributed by atoms with Gasteiger partial charge in [-0.05, 0) is 114 Å². The predicted molar refractivity (Wildman–Crippen MR) is 315 cm³/mol. The molecule has 0 amide bonds. The summed E-state index contributed by atoms with van der Waals surface area (Å²) in [6.07, 6.45) is -8.96. The van der Waals surface area contributed by atoms with E-state index >= 15 is 0 Å². The Morgan fingerprint density at radius 2 is 1.33 bits per heavy atom. The number of alkyl halides is 6. The number of carboxylic acid groups (broad SMARTS) is 1. The molecule has 492 valence electrons. The van der Waals surface area contributed by atoms with Crippen LogP contribution >= 0.6 is 0 Å². The number of carbonyl (C=O) groups excluding carboxylic acids is 3. The number of methoxy groups -OCH3 is 4. The number of carbonyl (C=O) groups is 4. The molecule has 3 heterocycles. The molecule has 0 aliphatic carbocycles. The minimum absolute atomic E-state index is 0. The van der Waals surface area contributed by atoms with E-state index in [0.29, 0.717) is 11.5 Å². The standard InChI is InChI=1S/C32H37F3O10.C32H35F3O9.CH4/c1-19(36)23(32(33,34)35)14-15-24(43-30(39)20-10-7-6-8-11-20)28-25(44-31(2,3)45-28)13-9-12-21-16-22(41-5)17-26(42-18-40-4)27(21)29(37)38;1-19-23(32(33,34)35)14-15-24(42-29(36)20-10-7-6-8-11-20)28-25(43-31(2,3)44-28)13-9-12-21-16-22(39-5)17-26(40-18-38-4)27(21)30(37)41-19;/h6-12,14-17,19,23-25,28,36H,13,18H2,1-5H3,(H,37,38);6-12,14-17,19,23-25,28H,13,18H2,1-5H3;1H4/b2*12-9+,15-14-;. The van der Waals surface area contributed by atoms with Gasteiger partial charge in [-0.25, -0.2) is 19.2 Å². The number of carboxylic acids is 1. The summed E-state index contributed by atoms with van der Waals surface area (Å²) >= 11 is 0. The monoisotopic (exact) mass is 1270 g/mol. The molecule has 19 nitrogen and oxygen atoms in total. The molecular formula is C65H76F6O19. The number of esters is 3. The summed E-state index contributed by atoms with van der Waals surface area (Å²) in [6, 6.07) is 21.8. The lowest BCUT2D eigenvalue weighted by atomic mass is 9.97. The van der Waals surface area contributed by atoms with Gasteiger partial charge in [0, 0.05) is 26.4 Å². The van der Waals surface area contributed by atoms with Crippen LogP contribution in [0.1, 0.15) is 114 Å². The van der Waals surface area contributed by atoms with E-state index in [-0.39, 0.29) is 78.7 Å². The van der Waals surface area contributed by atoms with E-state index in [1.165, 1.54) is 83.0 Å². The number of aliphatic hydroxyl groups excluding tert-OH is 1. The number of hydrogen-bond donors (Lipinski definition) is 2. The van der Waals surface area contributed by atoms with E-state index < -0.39 is 108 Å². The van der Waals surface area contributed by atoms with Crippen molar-refractivity contribution in [3.05, 3.63) is 155 Å². The van der Waals surface area contributed by atoms with E-state index in [1.807, 2.05) is 0 Å². The highest BCUT2D eigenvalue weighted by molar-refractivity contribution is 5.97. The normalized spacial score (nSPS) is 23.2. The summed E-state index contributed by atoms with van der Waals surface area (Å²) in [5.74, 6) is -10.1. The van der Waals surface area contributed by atoms with Gasteiger partial charge >= 0.3 is 36.2 Å². The van der Waals surface area contributed by atoms with Gasteiger partial charge in [-0.3, -0.25) is 0 Å². The molecule has 0 spiro atoms. The van der Waals surface area contributed by atoms with Crippen molar-refractivity contribution in [3.8, 4) is 23.0 Å². The SMILES string of the molecule is C.COCOc1cc(OC)cc(/C=C/CC2OC(C)(C)OC2C(/C=C\C(C(C)O)C(F)(F)F)OC(=O)c2ccccc2)c1C(=O)O.COCOc1cc(OC)cc2c1C(=O)OC(C)C(C(F)(F)F)/C=C\C(OC(=O)c1ccccc1)C1OC(C)(C)OC1C/C=C/2. The third-order valence-electron chi connectivity index (χ3n) is 13.8. The minimum Gasteiger partial charge on any atom is -0.497 e. The van der Waals surface area contributed by atoms with E-state index in [2.05, 4.69) is 0 Å². The molecule has 10 unspecified atom stereocenters. The van der Waals surface area contributed by atoms with Gasteiger partial charge in [0.25, 0.3) is 0 Å². The summed E-state index contributed by atoms with van der Waals surface area (Å²) < 4.78 is 157. The van der Waals surface area contributed by atoms with Gasteiger partial charge < -0.3 is 71.8 Å². The van der Waals surface area contributed by atoms with Crippen LogP contribution in [0.3, 0.4) is 0 Å². The van der Waals surface area contributed by atoms with Crippen LogP contribution in [0, 0.1) is 11.8 Å². The number of halogens is 6. The highest BCUT2D eigenvalue weighted by Crippen LogP contribution is 2.40. The van der Waals surface area contributed by atoms with Crippen LogP contribution in [0.15, 0.2) is 121 Å². The van der Waals surface area contributed by atoms with E-state index in [4.69, 9.17) is 61.6 Å². The molecule has 4 aromatic rings. The molecule has 0 radical (unpaired) electrons. The lowest BCUT2D eigenvalue weighted by Crippen LogP contribution is -2.39. The maximum atomic E-state index is 14.4. The molecule has 2 saturated heterocycles. The molecule has 90 heavy (non-hydrogen) atoms. The van der Waals surface area contributed by atoms with E-state index in [9.17, 15) is 55.7 Å². The minimum atomic E-state index is -4.83. The van der Waals surface area contributed by atoms with Crippen LogP contribution in [0.2, 0.25) is 0 Å². The highest BCUT2D eigenvalue weighted by Gasteiger charge is 2.49. The summed E-state index contributed by atoms with van der Waals surface area (Å²) in [7, 11) is 5.59. The van der Waals surface area contributed by atoms with E-state index in [1.54, 1.807) is 82.3 Å². The van der Waals surface area contributed by atoms with Crippen molar-refractivity contribution >= 4 is 36.0 Å². The van der Waals surface area contributed by atoms with Gasteiger partial charge in [0.2, 0.25) is 0 Å². The number of fused-ring (bicyclic) bond motifs is 2. The molecule has 2 N–H and O–H groups in total. The zero-order valence-electron chi connectivity index (χ0n) is 50.4. The third-order valence-corrected chi connectivity index (χ3v) is 13.8. The van der Waals surface area contributed by atoms with Gasteiger partial charge in [-0.2, -0.15) is 26.3 Å². The van der Waals surface area contributed by atoms with Crippen molar-refractivity contribution in [2.45, 2.75) is 135 Å². The first-order valence-electron chi connectivity index (χ1n) is 27.9. The molecule has 3 aliphatic rings. The molecule has 7 rings (SSSR count). The second-order valence-corrected chi connectivity index (χ2v) is 21.4. The molecule has 4 aromatic carbocycles. The quantitative estimate of drug-likeness (QED) is 0.0275. The van der Waals surface area contributed by atoms with Gasteiger partial charge in [-0.1, -0.05) is 80.3 Å². The fourth-order valence-electron chi connectivity index (χ4n) is 9.74. The Morgan fingerprint density at radius 1 is 0.756 bits per heavy atom. The van der Waals surface area contributed by atoms with Crippen molar-refractivity contribution in [2.24, 2.45) is 11.8 Å². The summed E-state index contributed by atoms with van der Waals surface area (Å²) in [6.45, 7) is 8.20. The Labute approximate surface area is 518 Å². The van der Waals surface area contributed by atoms with Gasteiger partial charge in [0.1, 0.15) is 70.6 Å². The number of hydrogen-bond acceptors (Lipinski definition) is 18. The Morgan fingerprint density at radius 3 is 1.90 bits per heavy atom. The zero-order chi connectivity index (χ0) is 65.4. The Hall–Kier alpha value is -7.78. The van der Waals surface area contributed by atoms with Crippen molar-refractivity contribution in [2.75, 3.05) is 42.0 Å². The number of aliphatic hydroxyl groups is 1. The second-order valence-electron chi connectivity index (χ2n) is 21.4. The summed E-state index contributed by atoms with van der Waals surface area (Å²) in [5, 5.41) is 19.7. The fourth-order valence-corrected chi connectivity index (χ4v) is 9.74. The van der Waals surface area contributed by atoms with Crippen LogP contribution < -0.4 is 18.9 Å². The largest absolute Gasteiger partial charge is 0.497 e. The summed E-state index contributed by atoms with van der Waals surface area (Å²) in [4.78, 5) is 51.6. The number of ether oxygens (including phenoxy) is 13. The molecule has 0 bridgehead atoms. The van der Waals surface area contributed by atoms with Crippen LogP contribution in [0.5, 0.6) is 23.0 Å². The lowest BCUT2D eigenvalue weighted by Gasteiger charge is -2.27. The Kier molecular flexibility index (Phi) is 26.2. The number of cyclic esters (lactones) is 1. The molecule has 25 heteroatoms. The van der Waals surface area contributed by atoms with Crippen LogP contribution in [-0.2, 0) is 42.6 Å². The van der Waals surface area contributed by atoms with Crippen molar-refractivity contribution in [1.29, 1.82) is 0 Å². The van der Waals surface area contributed by atoms with Crippen LogP contribution in [0.25, 0.3) is 12.2 Å². The highest BCUT2D eigenvalue weighted by atomic mass is 19.4. The predicted octanol–water partition coefficient (Wildman–Crippen LogP) is 12.4. The summed E-state index contributed by atoms with van der Waals surface area (Å²) in [5.41, 5.74) is 0.618. The first-order valence-corrected chi connectivity index (χ1v) is 27.9. The second kappa shape index (κ2) is 32.3. The van der Waals surface area contributed by atoms with Crippen molar-refractivity contribution in [3.63, 3.8) is 0 Å². The van der Waals surface area contributed by atoms with Gasteiger partial charge in [-0.15, -0.1) is 0 Å². The zero-order valence-corrected chi connectivity index (χ0v) is 50.4. The lowest BCUT2D eigenvalue weighted by molar-refractivity contribution is -0.183. The van der Waals surface area contributed by atoms with Crippen molar-refractivity contribution in [1.82, 2.24) is 0 Å². The van der Waals surface area contributed by atoms with Crippen LogP contribution in [-0.4, -0.2) is 149 Å². The maximum Gasteiger partial charge on any atom is 0.398 e. The molecule has 2 fully saturated rings. The molecule has 3 aliphatic heterocycles. The number of aromatic carboxylic acids is 1. The smallest absolute Gasteiger partial charge is 0.398 e. The van der Waals surface area contributed by atoms with Crippen LogP contribution in [0.4, 0.5) is 26.3 Å². The third kappa shape index (κ3) is 20.1. The van der Waals surface area contributed by atoms with E-state index in [0.717, 1.165) is 38.2 Å². The molecule has 10 atom stereocenters.